The molecule has 0 bridgehead atoms. The molecule has 3 atom stereocenters. The molecule has 0 fully saturated rings. The number of hydrogen-bond acceptors (Lipinski definition) is 5. The second kappa shape index (κ2) is 4.71. The van der Waals surface area contributed by atoms with E-state index in [2.05, 4.69) is 0 Å². The molecule has 0 radical (unpaired) electrons. The number of ether oxygens (including phenoxy) is 3. The molecule has 92 valence electrons. The lowest BCUT2D eigenvalue weighted by Gasteiger charge is -2.32. The van der Waals surface area contributed by atoms with E-state index in [0.717, 1.165) is 6.29 Å². The number of hydrogen-bond donors (Lipinski definition) is 0. The van der Waals surface area contributed by atoms with Crippen LogP contribution >= 0.6 is 0 Å². The van der Waals surface area contributed by atoms with Crippen LogP contribution < -0.4 is 0 Å². The molecule has 1 heterocycles. The van der Waals surface area contributed by atoms with Crippen molar-refractivity contribution in [3.63, 3.8) is 0 Å². The molecule has 0 aromatic rings. The SMILES string of the molecule is COC(=O)C1=COC(OC)[C@@H]2C(C=O)=CC[C@H]12. The van der Waals surface area contributed by atoms with Crippen molar-refractivity contribution in [2.75, 3.05) is 14.2 Å². The van der Waals surface area contributed by atoms with Gasteiger partial charge in [-0.1, -0.05) is 6.08 Å². The Labute approximate surface area is 99.0 Å². The minimum Gasteiger partial charge on any atom is -0.471 e. The molecule has 0 aromatic carbocycles. The minimum atomic E-state index is -0.521. The van der Waals surface area contributed by atoms with Crippen molar-refractivity contribution in [1.82, 2.24) is 0 Å². The van der Waals surface area contributed by atoms with Crippen LogP contribution in [0.4, 0.5) is 0 Å². The third-order valence-electron chi connectivity index (χ3n) is 3.24. The number of fused-ring (bicyclic) bond motifs is 1. The van der Waals surface area contributed by atoms with Gasteiger partial charge in [-0.05, 0) is 12.0 Å². The van der Waals surface area contributed by atoms with Gasteiger partial charge in [-0.3, -0.25) is 4.79 Å². The zero-order valence-electron chi connectivity index (χ0n) is 9.71. The zero-order valence-corrected chi connectivity index (χ0v) is 9.71. The average molecular weight is 238 g/mol. The Kier molecular flexibility index (Phi) is 3.28. The molecule has 0 saturated heterocycles. The Balaban J connectivity index is 2.30. The summed E-state index contributed by atoms with van der Waals surface area (Å²) in [4.78, 5) is 22.5. The van der Waals surface area contributed by atoms with Crippen LogP contribution in [0.3, 0.4) is 0 Å². The summed E-state index contributed by atoms with van der Waals surface area (Å²) in [6.45, 7) is 0. The van der Waals surface area contributed by atoms with Crippen molar-refractivity contribution >= 4 is 12.3 Å². The standard InChI is InChI=1S/C12H14O5/c1-15-11(14)9-6-17-12(16-2)10-7(5-13)3-4-8(9)10/h3,5-6,8,10,12H,4H2,1-2H3/t8-,10-,12?/m1/s1. The van der Waals surface area contributed by atoms with Crippen LogP contribution in [0.1, 0.15) is 6.42 Å². The first-order valence-corrected chi connectivity index (χ1v) is 5.34. The maximum Gasteiger partial charge on any atom is 0.337 e. The van der Waals surface area contributed by atoms with Crippen LogP contribution in [0, 0.1) is 11.8 Å². The van der Waals surface area contributed by atoms with E-state index in [4.69, 9.17) is 14.2 Å². The van der Waals surface area contributed by atoms with Gasteiger partial charge in [0, 0.05) is 13.0 Å². The van der Waals surface area contributed by atoms with Gasteiger partial charge >= 0.3 is 5.97 Å². The van der Waals surface area contributed by atoms with Gasteiger partial charge in [-0.25, -0.2) is 4.79 Å². The van der Waals surface area contributed by atoms with E-state index < -0.39 is 12.3 Å². The lowest BCUT2D eigenvalue weighted by Crippen LogP contribution is -2.36. The highest BCUT2D eigenvalue weighted by Crippen LogP contribution is 2.42. The molecule has 0 saturated carbocycles. The van der Waals surface area contributed by atoms with Crippen LogP contribution in [-0.2, 0) is 23.8 Å². The second-order valence-electron chi connectivity index (χ2n) is 3.99. The summed E-state index contributed by atoms with van der Waals surface area (Å²) in [5, 5.41) is 0. The maximum atomic E-state index is 11.6. The Morgan fingerprint density at radius 1 is 1.53 bits per heavy atom. The molecule has 0 N–H and O–H groups in total. The van der Waals surface area contributed by atoms with Gasteiger partial charge in [0.25, 0.3) is 0 Å². The molecule has 2 rings (SSSR count). The number of carbonyl (C=O) groups is 2. The van der Waals surface area contributed by atoms with E-state index >= 15 is 0 Å². The van der Waals surface area contributed by atoms with Gasteiger partial charge in [0.2, 0.25) is 6.29 Å². The molecule has 2 aliphatic rings. The quantitative estimate of drug-likeness (QED) is 0.537. The highest BCUT2D eigenvalue weighted by molar-refractivity contribution is 5.90. The van der Waals surface area contributed by atoms with E-state index in [9.17, 15) is 9.59 Å². The van der Waals surface area contributed by atoms with Crippen LogP contribution in [0.25, 0.3) is 0 Å². The normalized spacial score (nSPS) is 30.8. The van der Waals surface area contributed by atoms with Crippen molar-refractivity contribution in [3.05, 3.63) is 23.5 Å². The van der Waals surface area contributed by atoms with E-state index in [1.54, 1.807) is 0 Å². The van der Waals surface area contributed by atoms with Crippen molar-refractivity contribution < 1.29 is 23.8 Å². The van der Waals surface area contributed by atoms with Crippen LogP contribution in [0.5, 0.6) is 0 Å². The van der Waals surface area contributed by atoms with Crippen LogP contribution in [-0.4, -0.2) is 32.8 Å². The summed E-state index contributed by atoms with van der Waals surface area (Å²) in [7, 11) is 2.84. The molecule has 0 spiro atoms. The molecule has 0 amide bonds. The third-order valence-corrected chi connectivity index (χ3v) is 3.24. The smallest absolute Gasteiger partial charge is 0.337 e. The fraction of sp³-hybridized carbons (Fsp3) is 0.500. The number of aldehydes is 1. The minimum absolute atomic E-state index is 0.0960. The highest BCUT2D eigenvalue weighted by Gasteiger charge is 2.44. The lowest BCUT2D eigenvalue weighted by atomic mass is 9.84. The van der Waals surface area contributed by atoms with Crippen LogP contribution in [0.15, 0.2) is 23.5 Å². The van der Waals surface area contributed by atoms with Gasteiger partial charge in [0.1, 0.15) is 6.29 Å². The number of methoxy groups -OCH3 is 2. The van der Waals surface area contributed by atoms with Crippen molar-refractivity contribution in [2.24, 2.45) is 11.8 Å². The molecule has 5 heteroatoms. The second-order valence-corrected chi connectivity index (χ2v) is 3.99. The topological polar surface area (TPSA) is 61.8 Å². The summed E-state index contributed by atoms with van der Waals surface area (Å²) in [5.41, 5.74) is 1.08. The third kappa shape index (κ3) is 1.86. The Morgan fingerprint density at radius 2 is 2.29 bits per heavy atom. The van der Waals surface area contributed by atoms with Gasteiger partial charge < -0.3 is 14.2 Å². The summed E-state index contributed by atoms with van der Waals surface area (Å²) >= 11 is 0. The van der Waals surface area contributed by atoms with Crippen molar-refractivity contribution in [3.8, 4) is 0 Å². The molecule has 17 heavy (non-hydrogen) atoms. The summed E-state index contributed by atoms with van der Waals surface area (Å²) < 4.78 is 15.2. The van der Waals surface area contributed by atoms with E-state index in [1.165, 1.54) is 20.5 Å². The largest absolute Gasteiger partial charge is 0.471 e. The molecule has 1 aliphatic carbocycles. The summed E-state index contributed by atoms with van der Waals surface area (Å²) in [5.74, 6) is -0.743. The Bertz CT molecular complexity index is 396. The van der Waals surface area contributed by atoms with Gasteiger partial charge in [-0.2, -0.15) is 0 Å². The first kappa shape index (κ1) is 11.9. The molecule has 0 aromatic heterocycles. The zero-order chi connectivity index (χ0) is 12.4. The number of rotatable bonds is 3. The molecule has 1 unspecified atom stereocenters. The first-order chi connectivity index (χ1) is 8.22. The Hall–Kier alpha value is -1.62. The van der Waals surface area contributed by atoms with Crippen molar-refractivity contribution in [1.29, 1.82) is 0 Å². The molecule has 1 aliphatic heterocycles. The molecular weight excluding hydrogens is 224 g/mol. The van der Waals surface area contributed by atoms with Crippen molar-refractivity contribution in [2.45, 2.75) is 12.7 Å². The summed E-state index contributed by atoms with van der Waals surface area (Å²) in [6, 6.07) is 0. The van der Waals surface area contributed by atoms with Gasteiger partial charge in [-0.15, -0.1) is 0 Å². The summed E-state index contributed by atoms with van der Waals surface area (Å²) in [6.07, 6.45) is 4.10. The molecule has 5 nitrogen and oxygen atoms in total. The molecular formula is C12H14O5. The number of allylic oxidation sites excluding steroid dienone is 1. The fourth-order valence-corrected chi connectivity index (χ4v) is 2.40. The lowest BCUT2D eigenvalue weighted by molar-refractivity contribution is -0.146. The van der Waals surface area contributed by atoms with E-state index in [1.807, 2.05) is 6.08 Å². The monoisotopic (exact) mass is 238 g/mol. The highest BCUT2D eigenvalue weighted by atomic mass is 16.7. The Morgan fingerprint density at radius 3 is 2.88 bits per heavy atom. The number of esters is 1. The number of carbonyl (C=O) groups excluding carboxylic acids is 2. The van der Waals surface area contributed by atoms with Gasteiger partial charge in [0.15, 0.2) is 0 Å². The fourth-order valence-electron chi connectivity index (χ4n) is 2.40. The predicted octanol–water partition coefficient (Wildman–Crippen LogP) is 0.807. The van der Waals surface area contributed by atoms with E-state index in [-0.39, 0.29) is 11.8 Å². The maximum absolute atomic E-state index is 11.6. The average Bonchev–Trinajstić information content (AvgIpc) is 2.80. The van der Waals surface area contributed by atoms with E-state index in [0.29, 0.717) is 17.6 Å². The first-order valence-electron chi connectivity index (χ1n) is 5.34. The van der Waals surface area contributed by atoms with Gasteiger partial charge in [0.05, 0.1) is 24.9 Å². The predicted molar refractivity (Wildman–Crippen MR) is 57.7 cm³/mol. The van der Waals surface area contributed by atoms with Crippen LogP contribution in [0.2, 0.25) is 0 Å².